The maximum Gasteiger partial charge on any atom is 0.250 e. The first-order valence-electron chi connectivity index (χ1n) is 6.11. The smallest absolute Gasteiger partial charge is 0.250 e. The van der Waals surface area contributed by atoms with Gasteiger partial charge in [-0.3, -0.25) is 0 Å². The maximum atomic E-state index is 8.80. The number of rotatable bonds is 2. The normalized spacial score (nSPS) is 10.2. The van der Waals surface area contributed by atoms with Crippen LogP contribution in [0.15, 0.2) is 48.5 Å². The van der Waals surface area contributed by atoms with Gasteiger partial charge in [0.05, 0.1) is 17.1 Å². The van der Waals surface area contributed by atoms with Gasteiger partial charge in [-0.15, -0.1) is 10.2 Å². The number of nitrogens with zero attached hydrogens (tertiary/aromatic N) is 5. The van der Waals surface area contributed by atoms with Gasteiger partial charge in [0, 0.05) is 12.7 Å². The summed E-state index contributed by atoms with van der Waals surface area (Å²) < 4.78 is 0. The summed E-state index contributed by atoms with van der Waals surface area (Å²) in [7, 11) is 1.87. The largest absolute Gasteiger partial charge is 0.312 e. The Morgan fingerprint density at radius 2 is 1.65 bits per heavy atom. The van der Waals surface area contributed by atoms with Crippen molar-refractivity contribution in [1.82, 2.24) is 15.2 Å². The number of hydrogen-bond donors (Lipinski definition) is 0. The van der Waals surface area contributed by atoms with Gasteiger partial charge in [-0.25, -0.2) is 4.98 Å². The Morgan fingerprint density at radius 1 is 0.950 bits per heavy atom. The Bertz CT molecular complexity index is 789. The van der Waals surface area contributed by atoms with Crippen molar-refractivity contribution in [2.24, 2.45) is 0 Å². The van der Waals surface area contributed by atoms with E-state index in [0.29, 0.717) is 11.5 Å². The fourth-order valence-corrected chi connectivity index (χ4v) is 1.89. The van der Waals surface area contributed by atoms with Crippen LogP contribution < -0.4 is 4.90 Å². The lowest BCUT2D eigenvalue weighted by atomic mass is 10.2. The zero-order valence-corrected chi connectivity index (χ0v) is 10.9. The molecule has 2 aromatic carbocycles. The van der Waals surface area contributed by atoms with Crippen molar-refractivity contribution in [2.75, 3.05) is 11.9 Å². The van der Waals surface area contributed by atoms with Crippen LogP contribution in [0.25, 0.3) is 11.0 Å². The lowest BCUT2D eigenvalue weighted by Gasteiger charge is -2.16. The molecule has 3 rings (SSSR count). The van der Waals surface area contributed by atoms with Gasteiger partial charge in [0.1, 0.15) is 5.52 Å². The molecular weight excluding hydrogens is 250 g/mol. The Balaban J connectivity index is 1.98. The molecule has 0 N–H and O–H groups in total. The molecule has 0 bridgehead atoms. The Kier molecular flexibility index (Phi) is 2.98. The fraction of sp³-hybridized carbons (Fsp3) is 0.0667. The SMILES string of the molecule is CN(c1ccc(C#N)cc1)c1nnc2ccccc2n1. The first kappa shape index (κ1) is 12.1. The van der Waals surface area contributed by atoms with E-state index in [1.807, 2.05) is 48.3 Å². The lowest BCUT2D eigenvalue weighted by molar-refractivity contribution is 0.967. The van der Waals surface area contributed by atoms with Crippen LogP contribution in [0.2, 0.25) is 0 Å². The highest BCUT2D eigenvalue weighted by atomic mass is 15.3. The van der Waals surface area contributed by atoms with Crippen LogP contribution >= 0.6 is 0 Å². The quantitative estimate of drug-likeness (QED) is 0.709. The molecule has 1 aromatic heterocycles. The highest BCUT2D eigenvalue weighted by Gasteiger charge is 2.08. The molecule has 20 heavy (non-hydrogen) atoms. The third-order valence-electron chi connectivity index (χ3n) is 3.03. The van der Waals surface area contributed by atoms with Crippen molar-refractivity contribution in [1.29, 1.82) is 5.26 Å². The summed E-state index contributed by atoms with van der Waals surface area (Å²) in [5.74, 6) is 0.522. The van der Waals surface area contributed by atoms with E-state index in [-0.39, 0.29) is 0 Å². The summed E-state index contributed by atoms with van der Waals surface area (Å²) >= 11 is 0. The summed E-state index contributed by atoms with van der Waals surface area (Å²) in [4.78, 5) is 6.32. The zero-order chi connectivity index (χ0) is 13.9. The molecule has 0 fully saturated rings. The van der Waals surface area contributed by atoms with Gasteiger partial charge >= 0.3 is 0 Å². The summed E-state index contributed by atoms with van der Waals surface area (Å²) in [6.07, 6.45) is 0. The van der Waals surface area contributed by atoms with Crippen molar-refractivity contribution in [2.45, 2.75) is 0 Å². The van der Waals surface area contributed by atoms with E-state index < -0.39 is 0 Å². The van der Waals surface area contributed by atoms with Crippen molar-refractivity contribution >= 4 is 22.7 Å². The number of para-hydroxylation sites is 1. The molecule has 0 aliphatic carbocycles. The molecule has 0 atom stereocenters. The summed E-state index contributed by atoms with van der Waals surface area (Å²) in [5, 5.41) is 17.1. The molecule has 5 heteroatoms. The van der Waals surface area contributed by atoms with E-state index in [0.717, 1.165) is 16.7 Å². The van der Waals surface area contributed by atoms with Crippen LogP contribution in [-0.2, 0) is 0 Å². The molecule has 0 radical (unpaired) electrons. The van der Waals surface area contributed by atoms with Gasteiger partial charge in [-0.05, 0) is 36.4 Å². The Morgan fingerprint density at radius 3 is 2.35 bits per heavy atom. The second-order valence-corrected chi connectivity index (χ2v) is 4.32. The molecule has 0 saturated carbocycles. The third kappa shape index (κ3) is 2.15. The molecule has 0 amide bonds. The van der Waals surface area contributed by atoms with E-state index in [4.69, 9.17) is 5.26 Å². The van der Waals surface area contributed by atoms with Crippen molar-refractivity contribution in [3.63, 3.8) is 0 Å². The standard InChI is InChI=1S/C15H11N5/c1-20(12-8-6-11(10-16)7-9-12)15-17-13-4-2-3-5-14(13)18-19-15/h2-9H,1H3. The fourth-order valence-electron chi connectivity index (χ4n) is 1.89. The van der Waals surface area contributed by atoms with Gasteiger partial charge in [0.2, 0.25) is 5.95 Å². The average Bonchev–Trinajstić information content (AvgIpc) is 2.54. The van der Waals surface area contributed by atoms with Crippen molar-refractivity contribution in [3.05, 3.63) is 54.1 Å². The van der Waals surface area contributed by atoms with Gasteiger partial charge in [0.15, 0.2) is 0 Å². The van der Waals surface area contributed by atoms with Crippen LogP contribution in [0.1, 0.15) is 5.56 Å². The molecule has 0 spiro atoms. The van der Waals surface area contributed by atoms with Crippen molar-refractivity contribution < 1.29 is 0 Å². The number of aromatic nitrogens is 3. The number of anilines is 2. The van der Waals surface area contributed by atoms with Crippen LogP contribution in [0, 0.1) is 11.3 Å². The molecule has 0 aliphatic heterocycles. The minimum atomic E-state index is 0.522. The molecular formula is C15H11N5. The summed E-state index contributed by atoms with van der Waals surface area (Å²) in [5.41, 5.74) is 3.10. The third-order valence-corrected chi connectivity index (χ3v) is 3.03. The number of nitriles is 1. The van der Waals surface area contributed by atoms with Crippen LogP contribution in [0.3, 0.4) is 0 Å². The van der Waals surface area contributed by atoms with Crippen LogP contribution in [0.5, 0.6) is 0 Å². The average molecular weight is 261 g/mol. The van der Waals surface area contributed by atoms with Gasteiger partial charge in [-0.1, -0.05) is 12.1 Å². The van der Waals surface area contributed by atoms with Crippen LogP contribution in [-0.4, -0.2) is 22.2 Å². The molecule has 0 unspecified atom stereocenters. The molecule has 0 aliphatic rings. The lowest BCUT2D eigenvalue weighted by Crippen LogP contribution is -2.13. The number of hydrogen-bond acceptors (Lipinski definition) is 5. The van der Waals surface area contributed by atoms with E-state index in [9.17, 15) is 0 Å². The summed E-state index contributed by atoms with van der Waals surface area (Å²) in [6.45, 7) is 0. The molecule has 1 heterocycles. The Hall–Kier alpha value is -3.00. The number of benzene rings is 2. The van der Waals surface area contributed by atoms with Crippen LogP contribution in [0.4, 0.5) is 11.6 Å². The summed E-state index contributed by atoms with van der Waals surface area (Å²) in [6, 6.07) is 16.9. The highest BCUT2D eigenvalue weighted by Crippen LogP contribution is 2.21. The van der Waals surface area contributed by atoms with E-state index >= 15 is 0 Å². The van der Waals surface area contributed by atoms with E-state index in [2.05, 4.69) is 21.3 Å². The molecule has 5 nitrogen and oxygen atoms in total. The van der Waals surface area contributed by atoms with E-state index in [1.54, 1.807) is 12.1 Å². The first-order valence-corrected chi connectivity index (χ1v) is 6.11. The zero-order valence-electron chi connectivity index (χ0n) is 10.9. The Labute approximate surface area is 116 Å². The predicted octanol–water partition coefficient (Wildman–Crippen LogP) is 2.66. The number of fused-ring (bicyclic) bond motifs is 1. The first-order chi connectivity index (χ1) is 9.78. The maximum absolute atomic E-state index is 8.80. The second-order valence-electron chi connectivity index (χ2n) is 4.32. The second kappa shape index (κ2) is 4.94. The monoisotopic (exact) mass is 261 g/mol. The van der Waals surface area contributed by atoms with Crippen molar-refractivity contribution in [3.8, 4) is 6.07 Å². The van der Waals surface area contributed by atoms with Gasteiger partial charge in [0.25, 0.3) is 0 Å². The topological polar surface area (TPSA) is 65.7 Å². The van der Waals surface area contributed by atoms with Gasteiger partial charge in [-0.2, -0.15) is 5.26 Å². The minimum absolute atomic E-state index is 0.522. The highest BCUT2D eigenvalue weighted by molar-refractivity contribution is 5.74. The molecule has 3 aromatic rings. The minimum Gasteiger partial charge on any atom is -0.312 e. The molecule has 96 valence electrons. The van der Waals surface area contributed by atoms with Gasteiger partial charge < -0.3 is 4.90 Å². The predicted molar refractivity (Wildman–Crippen MR) is 76.6 cm³/mol. The van der Waals surface area contributed by atoms with E-state index in [1.165, 1.54) is 0 Å². The molecule has 0 saturated heterocycles.